The van der Waals surface area contributed by atoms with Crippen LogP contribution in [0.15, 0.2) is 54.9 Å². The Kier molecular flexibility index (Phi) is 4.21. The average Bonchev–Trinajstić information content (AvgIpc) is 3.42. The molecule has 2 aliphatic rings. The molecule has 3 heterocycles. The Balaban J connectivity index is 1.32. The third-order valence-corrected chi connectivity index (χ3v) is 5.85. The monoisotopic (exact) mass is 359 g/mol. The molecular formula is C23H25N3O. The van der Waals surface area contributed by atoms with E-state index in [-0.39, 0.29) is 0 Å². The van der Waals surface area contributed by atoms with Gasteiger partial charge in [0.25, 0.3) is 0 Å². The van der Waals surface area contributed by atoms with Gasteiger partial charge in [0.15, 0.2) is 0 Å². The summed E-state index contributed by atoms with van der Waals surface area (Å²) in [7, 11) is 1.95. The number of rotatable bonds is 4. The summed E-state index contributed by atoms with van der Waals surface area (Å²) < 4.78 is 7.63. The molecule has 1 atom stereocenters. The number of hydrogen-bond donors (Lipinski definition) is 0. The van der Waals surface area contributed by atoms with E-state index >= 15 is 0 Å². The molecule has 0 N–H and O–H groups in total. The minimum Gasteiger partial charge on any atom is -0.493 e. The van der Waals surface area contributed by atoms with E-state index in [9.17, 15) is 0 Å². The number of aryl methyl sites for hydroxylation is 1. The maximum Gasteiger partial charge on any atom is 0.122 e. The van der Waals surface area contributed by atoms with E-state index in [1.54, 1.807) is 0 Å². The van der Waals surface area contributed by atoms with Crippen molar-refractivity contribution in [2.45, 2.75) is 31.8 Å². The first-order chi connectivity index (χ1) is 13.3. The van der Waals surface area contributed by atoms with Crippen LogP contribution in [0, 0.1) is 0 Å². The molecule has 0 radical (unpaired) electrons. The maximum absolute atomic E-state index is 5.78. The number of benzene rings is 2. The number of ether oxygens (including phenoxy) is 1. The molecule has 138 valence electrons. The van der Waals surface area contributed by atoms with Gasteiger partial charge in [-0.1, -0.05) is 36.4 Å². The lowest BCUT2D eigenvalue weighted by Crippen LogP contribution is -2.22. The molecular weight excluding hydrogens is 334 g/mol. The van der Waals surface area contributed by atoms with Crippen molar-refractivity contribution in [1.29, 1.82) is 0 Å². The molecule has 0 aliphatic carbocycles. The van der Waals surface area contributed by atoms with Crippen molar-refractivity contribution >= 4 is 0 Å². The standard InChI is InChI=1S/C23H25N3O/c1-25-16-21(14-24-25)18-6-4-17(5-7-18)15-26-11-2-3-22(26)20-9-8-19-10-12-27-23(19)13-20/h4-9,13-14,16,22H,2-3,10-12,15H2,1H3. The third kappa shape index (κ3) is 3.26. The molecule has 1 aromatic heterocycles. The predicted octanol–water partition coefficient (Wildman–Crippen LogP) is 4.36. The van der Waals surface area contributed by atoms with Crippen LogP contribution in [-0.4, -0.2) is 27.8 Å². The first-order valence-corrected chi connectivity index (χ1v) is 9.84. The van der Waals surface area contributed by atoms with E-state index in [0.29, 0.717) is 6.04 Å². The highest BCUT2D eigenvalue weighted by atomic mass is 16.5. The quantitative estimate of drug-likeness (QED) is 0.693. The Bertz CT molecular complexity index is 945. The van der Waals surface area contributed by atoms with Crippen LogP contribution >= 0.6 is 0 Å². The van der Waals surface area contributed by atoms with E-state index < -0.39 is 0 Å². The van der Waals surface area contributed by atoms with Gasteiger partial charge in [0.2, 0.25) is 0 Å². The van der Waals surface area contributed by atoms with E-state index in [1.165, 1.54) is 40.7 Å². The number of aromatic nitrogens is 2. The summed E-state index contributed by atoms with van der Waals surface area (Å²) in [6.07, 6.45) is 7.51. The lowest BCUT2D eigenvalue weighted by molar-refractivity contribution is 0.248. The van der Waals surface area contributed by atoms with Crippen molar-refractivity contribution < 1.29 is 4.74 Å². The van der Waals surface area contributed by atoms with E-state index in [2.05, 4.69) is 58.7 Å². The van der Waals surface area contributed by atoms with Crippen LogP contribution in [0.4, 0.5) is 0 Å². The first kappa shape index (κ1) is 16.6. The Labute approximate surface area is 160 Å². The zero-order chi connectivity index (χ0) is 18.2. The molecule has 0 saturated carbocycles. The molecule has 5 rings (SSSR count). The van der Waals surface area contributed by atoms with Crippen molar-refractivity contribution in [2.75, 3.05) is 13.2 Å². The number of hydrogen-bond acceptors (Lipinski definition) is 3. The Morgan fingerprint density at radius 2 is 2.00 bits per heavy atom. The van der Waals surface area contributed by atoms with E-state index in [1.807, 2.05) is 17.9 Å². The smallest absolute Gasteiger partial charge is 0.122 e. The summed E-state index contributed by atoms with van der Waals surface area (Å²) in [5.74, 6) is 1.10. The Hall–Kier alpha value is -2.59. The summed E-state index contributed by atoms with van der Waals surface area (Å²) in [5.41, 5.74) is 6.52. The maximum atomic E-state index is 5.78. The van der Waals surface area contributed by atoms with Gasteiger partial charge < -0.3 is 4.74 Å². The van der Waals surface area contributed by atoms with Crippen LogP contribution in [0.2, 0.25) is 0 Å². The van der Waals surface area contributed by atoms with Crippen LogP contribution in [0.25, 0.3) is 11.1 Å². The largest absolute Gasteiger partial charge is 0.493 e. The second-order valence-corrected chi connectivity index (χ2v) is 7.69. The summed E-state index contributed by atoms with van der Waals surface area (Å²) in [6.45, 7) is 2.99. The van der Waals surface area contributed by atoms with Gasteiger partial charge in [-0.3, -0.25) is 9.58 Å². The van der Waals surface area contributed by atoms with Crippen LogP contribution < -0.4 is 4.74 Å². The minimum absolute atomic E-state index is 0.498. The van der Waals surface area contributed by atoms with Gasteiger partial charge in [-0.2, -0.15) is 5.10 Å². The van der Waals surface area contributed by atoms with Crippen molar-refractivity contribution in [3.8, 4) is 16.9 Å². The molecule has 0 spiro atoms. The predicted molar refractivity (Wildman–Crippen MR) is 107 cm³/mol. The Morgan fingerprint density at radius 1 is 1.11 bits per heavy atom. The average molecular weight is 359 g/mol. The fourth-order valence-corrected chi connectivity index (χ4v) is 4.39. The van der Waals surface area contributed by atoms with Crippen LogP contribution in [0.1, 0.15) is 35.6 Å². The highest BCUT2D eigenvalue weighted by molar-refractivity contribution is 5.61. The SMILES string of the molecule is Cn1cc(-c2ccc(CN3CCCC3c3ccc4c(c3)OCC4)cc2)cn1. The first-order valence-electron chi connectivity index (χ1n) is 9.84. The summed E-state index contributed by atoms with van der Waals surface area (Å²) >= 11 is 0. The molecule has 0 bridgehead atoms. The van der Waals surface area contributed by atoms with E-state index in [0.717, 1.165) is 31.9 Å². The van der Waals surface area contributed by atoms with Gasteiger partial charge in [-0.15, -0.1) is 0 Å². The third-order valence-electron chi connectivity index (χ3n) is 5.85. The Morgan fingerprint density at radius 3 is 2.81 bits per heavy atom. The fraction of sp³-hybridized carbons (Fsp3) is 0.348. The van der Waals surface area contributed by atoms with Crippen LogP contribution in [0.5, 0.6) is 5.75 Å². The van der Waals surface area contributed by atoms with Gasteiger partial charge >= 0.3 is 0 Å². The second kappa shape index (κ2) is 6.86. The molecule has 3 aromatic rings. The number of likely N-dealkylation sites (tertiary alicyclic amines) is 1. The second-order valence-electron chi connectivity index (χ2n) is 7.69. The van der Waals surface area contributed by atoms with Gasteiger partial charge in [-0.05, 0) is 47.7 Å². The summed E-state index contributed by atoms with van der Waals surface area (Å²) in [6, 6.07) is 16.3. The van der Waals surface area contributed by atoms with Crippen molar-refractivity contribution in [1.82, 2.24) is 14.7 Å². The van der Waals surface area contributed by atoms with Crippen LogP contribution in [0.3, 0.4) is 0 Å². The highest BCUT2D eigenvalue weighted by Crippen LogP contribution is 2.37. The van der Waals surface area contributed by atoms with Crippen molar-refractivity contribution in [3.63, 3.8) is 0 Å². The number of fused-ring (bicyclic) bond motifs is 1. The molecule has 0 amide bonds. The zero-order valence-electron chi connectivity index (χ0n) is 15.8. The van der Waals surface area contributed by atoms with Gasteiger partial charge in [0, 0.05) is 37.8 Å². The summed E-state index contributed by atoms with van der Waals surface area (Å²) in [4.78, 5) is 2.61. The molecule has 1 fully saturated rings. The van der Waals surface area contributed by atoms with Crippen molar-refractivity contribution in [2.24, 2.45) is 7.05 Å². The molecule has 27 heavy (non-hydrogen) atoms. The van der Waals surface area contributed by atoms with Gasteiger partial charge in [0.1, 0.15) is 5.75 Å². The molecule has 2 aromatic carbocycles. The number of nitrogens with zero attached hydrogens (tertiary/aromatic N) is 3. The van der Waals surface area contributed by atoms with Gasteiger partial charge in [-0.25, -0.2) is 0 Å². The van der Waals surface area contributed by atoms with Crippen molar-refractivity contribution in [3.05, 3.63) is 71.5 Å². The lowest BCUT2D eigenvalue weighted by atomic mass is 10.0. The lowest BCUT2D eigenvalue weighted by Gasteiger charge is -2.25. The normalized spacial score (nSPS) is 19.2. The molecule has 2 aliphatic heterocycles. The zero-order valence-corrected chi connectivity index (χ0v) is 15.8. The van der Waals surface area contributed by atoms with Gasteiger partial charge in [0.05, 0.1) is 12.8 Å². The fourth-order valence-electron chi connectivity index (χ4n) is 4.39. The summed E-state index contributed by atoms with van der Waals surface area (Å²) in [5, 5.41) is 4.27. The highest BCUT2D eigenvalue weighted by Gasteiger charge is 2.27. The minimum atomic E-state index is 0.498. The van der Waals surface area contributed by atoms with Crippen LogP contribution in [-0.2, 0) is 20.0 Å². The molecule has 4 heteroatoms. The molecule has 1 unspecified atom stereocenters. The topological polar surface area (TPSA) is 30.3 Å². The molecule has 1 saturated heterocycles. The van der Waals surface area contributed by atoms with E-state index in [4.69, 9.17) is 4.74 Å². The molecule has 4 nitrogen and oxygen atoms in total.